The number of aromatic nitrogens is 5. The van der Waals surface area contributed by atoms with E-state index in [9.17, 15) is 9.59 Å². The Morgan fingerprint density at radius 3 is 3.00 bits per heavy atom. The van der Waals surface area contributed by atoms with Gasteiger partial charge in [0.25, 0.3) is 5.91 Å². The lowest BCUT2D eigenvalue weighted by Gasteiger charge is -1.97. The van der Waals surface area contributed by atoms with Gasteiger partial charge in [-0.3, -0.25) is 14.7 Å². The molecule has 10 nitrogen and oxygen atoms in total. The number of nitrogens with zero attached hydrogens (tertiary/aromatic N) is 3. The molecule has 0 bridgehead atoms. The molecule has 0 spiro atoms. The molecule has 0 unspecified atom stereocenters. The normalized spacial score (nSPS) is 10.8. The van der Waals surface area contributed by atoms with Crippen LogP contribution in [0.5, 0.6) is 0 Å². The molecule has 0 aliphatic heterocycles. The van der Waals surface area contributed by atoms with E-state index in [1.54, 1.807) is 24.3 Å². The van der Waals surface area contributed by atoms with E-state index in [1.165, 1.54) is 18.5 Å². The molecule has 0 saturated heterocycles. The molecule has 26 heavy (non-hydrogen) atoms. The highest BCUT2D eigenvalue weighted by Gasteiger charge is 2.14. The first-order valence-electron chi connectivity index (χ1n) is 7.58. The van der Waals surface area contributed by atoms with E-state index in [4.69, 9.17) is 8.94 Å². The van der Waals surface area contributed by atoms with Crippen LogP contribution in [0.25, 0.3) is 22.8 Å². The number of pyridine rings is 1. The monoisotopic (exact) mass is 352 g/mol. The van der Waals surface area contributed by atoms with Crippen LogP contribution >= 0.6 is 0 Å². The Hall–Kier alpha value is -3.95. The third-order valence-corrected chi connectivity index (χ3v) is 3.50. The minimum atomic E-state index is -0.407. The zero-order valence-corrected chi connectivity index (χ0v) is 13.2. The van der Waals surface area contributed by atoms with Gasteiger partial charge in [0.05, 0.1) is 12.8 Å². The fourth-order valence-corrected chi connectivity index (χ4v) is 2.27. The number of hydrogen-bond donors (Lipinski definition) is 3. The summed E-state index contributed by atoms with van der Waals surface area (Å²) >= 11 is 0. The molecule has 0 radical (unpaired) electrons. The van der Waals surface area contributed by atoms with Gasteiger partial charge in [-0.15, -0.1) is 0 Å². The van der Waals surface area contributed by atoms with Crippen LogP contribution in [-0.4, -0.2) is 31.2 Å². The average Bonchev–Trinajstić information content (AvgIpc) is 3.40. The standard InChI is InChI=1S/C16H12N6O4/c23-13-6-9(3-4-17-13)15-19-14(26-22-15)8-18-16(24)11-7-10(20-21-11)12-2-1-5-25-12/h1-7H,8H2,(H,17,23)(H,18,24)(H,20,21). The highest BCUT2D eigenvalue weighted by atomic mass is 16.5. The summed E-state index contributed by atoms with van der Waals surface area (Å²) in [6.07, 6.45) is 3.02. The number of aromatic amines is 2. The topological polar surface area (TPSA) is 143 Å². The minimum absolute atomic E-state index is 0.0258. The van der Waals surface area contributed by atoms with Crippen molar-refractivity contribution in [2.75, 3.05) is 0 Å². The summed E-state index contributed by atoms with van der Waals surface area (Å²) in [5.74, 6) is 0.640. The summed E-state index contributed by atoms with van der Waals surface area (Å²) in [5, 5.41) is 13.1. The quantitative estimate of drug-likeness (QED) is 0.492. The molecule has 0 aromatic carbocycles. The van der Waals surface area contributed by atoms with Crippen LogP contribution in [0.1, 0.15) is 16.4 Å². The second-order valence-corrected chi connectivity index (χ2v) is 5.28. The molecule has 4 heterocycles. The van der Waals surface area contributed by atoms with Gasteiger partial charge in [0.1, 0.15) is 5.69 Å². The van der Waals surface area contributed by atoms with Crippen molar-refractivity contribution in [3.05, 3.63) is 64.7 Å². The van der Waals surface area contributed by atoms with Crippen molar-refractivity contribution < 1.29 is 13.7 Å². The van der Waals surface area contributed by atoms with Crippen LogP contribution in [0.3, 0.4) is 0 Å². The Bertz CT molecular complexity index is 1090. The van der Waals surface area contributed by atoms with Crippen molar-refractivity contribution in [1.29, 1.82) is 0 Å². The summed E-state index contributed by atoms with van der Waals surface area (Å²) in [6.45, 7) is 0.0258. The maximum absolute atomic E-state index is 12.2. The van der Waals surface area contributed by atoms with E-state index in [-0.39, 0.29) is 29.5 Å². The molecule has 4 aromatic heterocycles. The van der Waals surface area contributed by atoms with Gasteiger partial charge < -0.3 is 19.2 Å². The lowest BCUT2D eigenvalue weighted by atomic mass is 10.2. The molecule has 0 fully saturated rings. The highest BCUT2D eigenvalue weighted by molar-refractivity contribution is 5.93. The van der Waals surface area contributed by atoms with Crippen molar-refractivity contribution in [2.24, 2.45) is 0 Å². The molecule has 0 atom stereocenters. The Labute approximate surface area is 145 Å². The van der Waals surface area contributed by atoms with Crippen LogP contribution in [-0.2, 0) is 6.54 Å². The fourth-order valence-electron chi connectivity index (χ4n) is 2.27. The van der Waals surface area contributed by atoms with Crippen molar-refractivity contribution in [3.63, 3.8) is 0 Å². The molecule has 4 rings (SSSR count). The maximum atomic E-state index is 12.2. The summed E-state index contributed by atoms with van der Waals surface area (Å²) in [5.41, 5.74) is 1.04. The van der Waals surface area contributed by atoms with Crippen molar-refractivity contribution in [3.8, 4) is 22.8 Å². The second-order valence-electron chi connectivity index (χ2n) is 5.28. The maximum Gasteiger partial charge on any atom is 0.272 e. The van der Waals surface area contributed by atoms with Crippen LogP contribution in [0.2, 0.25) is 0 Å². The molecule has 10 heteroatoms. The van der Waals surface area contributed by atoms with Crippen LogP contribution in [0, 0.1) is 0 Å². The van der Waals surface area contributed by atoms with Gasteiger partial charge in [-0.25, -0.2) is 0 Å². The summed E-state index contributed by atoms with van der Waals surface area (Å²) in [6, 6.07) is 8.07. The van der Waals surface area contributed by atoms with Crippen molar-refractivity contribution in [1.82, 2.24) is 30.6 Å². The summed E-state index contributed by atoms with van der Waals surface area (Å²) in [4.78, 5) is 30.1. The number of carbonyl (C=O) groups excluding carboxylic acids is 1. The lowest BCUT2D eigenvalue weighted by Crippen LogP contribution is -2.23. The van der Waals surface area contributed by atoms with Gasteiger partial charge in [0.2, 0.25) is 17.3 Å². The van der Waals surface area contributed by atoms with Gasteiger partial charge in [0.15, 0.2) is 11.5 Å². The SMILES string of the molecule is O=C(NCc1nc(-c2cc[nH]c(=O)c2)no1)c1cc(-c2ccco2)[nH]n1. The molecule has 0 aliphatic rings. The molecule has 4 aromatic rings. The molecule has 3 N–H and O–H groups in total. The first kappa shape index (κ1) is 15.6. The zero-order valence-electron chi connectivity index (χ0n) is 13.2. The molecular weight excluding hydrogens is 340 g/mol. The zero-order chi connectivity index (χ0) is 17.9. The predicted molar refractivity (Wildman–Crippen MR) is 87.8 cm³/mol. The van der Waals surface area contributed by atoms with E-state index < -0.39 is 5.91 Å². The smallest absolute Gasteiger partial charge is 0.272 e. The molecule has 130 valence electrons. The number of hydrogen-bond acceptors (Lipinski definition) is 7. The molecule has 0 saturated carbocycles. The van der Waals surface area contributed by atoms with Gasteiger partial charge in [-0.2, -0.15) is 10.1 Å². The van der Waals surface area contributed by atoms with Crippen LogP contribution in [0.15, 0.2) is 56.5 Å². The Morgan fingerprint density at radius 2 is 2.19 bits per heavy atom. The largest absolute Gasteiger partial charge is 0.463 e. The lowest BCUT2D eigenvalue weighted by molar-refractivity contribution is 0.0941. The number of amides is 1. The van der Waals surface area contributed by atoms with E-state index in [0.717, 1.165) is 0 Å². The first-order chi connectivity index (χ1) is 12.7. The van der Waals surface area contributed by atoms with Gasteiger partial charge in [-0.1, -0.05) is 5.16 Å². The average molecular weight is 352 g/mol. The van der Waals surface area contributed by atoms with E-state index in [1.807, 2.05) is 0 Å². The van der Waals surface area contributed by atoms with E-state index >= 15 is 0 Å². The third-order valence-electron chi connectivity index (χ3n) is 3.50. The Kier molecular flexibility index (Phi) is 3.90. The number of carbonyl (C=O) groups is 1. The summed E-state index contributed by atoms with van der Waals surface area (Å²) < 4.78 is 10.3. The van der Waals surface area contributed by atoms with Crippen molar-refractivity contribution in [2.45, 2.75) is 6.54 Å². The van der Waals surface area contributed by atoms with E-state index in [0.29, 0.717) is 17.0 Å². The fraction of sp³-hybridized carbons (Fsp3) is 0.0625. The number of H-pyrrole nitrogens is 2. The number of furan rings is 1. The molecule has 0 aliphatic carbocycles. The van der Waals surface area contributed by atoms with E-state index in [2.05, 4.69) is 30.6 Å². The second kappa shape index (κ2) is 6.51. The summed E-state index contributed by atoms with van der Waals surface area (Å²) in [7, 11) is 0. The van der Waals surface area contributed by atoms with Crippen molar-refractivity contribution >= 4 is 5.91 Å². The van der Waals surface area contributed by atoms with Gasteiger partial charge in [0, 0.05) is 23.9 Å². The van der Waals surface area contributed by atoms with Crippen LogP contribution < -0.4 is 10.9 Å². The Morgan fingerprint density at radius 1 is 1.27 bits per heavy atom. The number of nitrogens with one attached hydrogen (secondary N) is 3. The number of rotatable bonds is 5. The molecular formula is C16H12N6O4. The highest BCUT2D eigenvalue weighted by Crippen LogP contribution is 2.18. The first-order valence-corrected chi connectivity index (χ1v) is 7.58. The van der Waals surface area contributed by atoms with Gasteiger partial charge in [-0.05, 0) is 18.2 Å². The predicted octanol–water partition coefficient (Wildman–Crippen LogP) is 1.34. The minimum Gasteiger partial charge on any atom is -0.463 e. The third kappa shape index (κ3) is 3.15. The van der Waals surface area contributed by atoms with Crippen LogP contribution in [0.4, 0.5) is 0 Å². The Balaban J connectivity index is 1.41. The van der Waals surface area contributed by atoms with Gasteiger partial charge >= 0.3 is 0 Å². The molecule has 1 amide bonds.